The fourth-order valence-electron chi connectivity index (χ4n) is 5.75. The van der Waals surface area contributed by atoms with Crippen molar-refractivity contribution in [1.29, 1.82) is 0 Å². The number of halogens is 2. The minimum absolute atomic E-state index is 0.0462. The highest BCUT2D eigenvalue weighted by atomic mass is 35.5. The number of hydrogen-bond donors (Lipinski definition) is 2. The Morgan fingerprint density at radius 1 is 0.895 bits per heavy atom. The number of hydrogen-bond acceptors (Lipinski definition) is 7. The van der Waals surface area contributed by atoms with E-state index in [-0.39, 0.29) is 12.1 Å². The molecule has 38 heavy (non-hydrogen) atoms. The monoisotopic (exact) mass is 577 g/mol. The Hall–Kier alpha value is -2.37. The van der Waals surface area contributed by atoms with Crippen molar-refractivity contribution in [3.8, 4) is 0 Å². The molecule has 3 heterocycles. The van der Waals surface area contributed by atoms with Gasteiger partial charge in [-0.05, 0) is 61.1 Å². The molecule has 1 unspecified atom stereocenters. The third-order valence-electron chi connectivity index (χ3n) is 7.61. The second-order valence-electron chi connectivity index (χ2n) is 10.3. The van der Waals surface area contributed by atoms with Crippen molar-refractivity contribution in [1.82, 2.24) is 24.4 Å². The van der Waals surface area contributed by atoms with E-state index in [0.717, 1.165) is 43.5 Å². The maximum absolute atomic E-state index is 13.0. The van der Waals surface area contributed by atoms with Crippen LogP contribution in [-0.2, 0) is 22.9 Å². The number of aromatic nitrogens is 3. The Bertz CT molecular complexity index is 1330. The van der Waals surface area contributed by atoms with Crippen LogP contribution in [0.1, 0.15) is 24.0 Å². The number of nitrogens with two attached hydrogens (primary N) is 1. The van der Waals surface area contributed by atoms with Crippen molar-refractivity contribution < 1.29 is 8.42 Å². The summed E-state index contributed by atoms with van der Waals surface area (Å²) in [7, 11) is -3.41. The molecule has 0 bridgehead atoms. The molecule has 0 radical (unpaired) electrons. The normalized spacial score (nSPS) is 22.1. The van der Waals surface area contributed by atoms with Gasteiger partial charge in [-0.3, -0.25) is 9.88 Å². The van der Waals surface area contributed by atoms with Crippen LogP contribution in [0.5, 0.6) is 0 Å². The molecule has 3 N–H and O–H groups in total. The van der Waals surface area contributed by atoms with Gasteiger partial charge in [0.2, 0.25) is 21.9 Å². The van der Waals surface area contributed by atoms with Crippen molar-refractivity contribution >= 4 is 45.1 Å². The van der Waals surface area contributed by atoms with Crippen LogP contribution in [0.4, 0.5) is 11.9 Å². The van der Waals surface area contributed by atoms with E-state index in [1.165, 1.54) is 6.26 Å². The Morgan fingerprint density at radius 2 is 1.45 bits per heavy atom. The highest BCUT2D eigenvalue weighted by Crippen LogP contribution is 2.30. The average molecular weight is 579 g/mol. The molecule has 204 valence electrons. The van der Waals surface area contributed by atoms with E-state index >= 15 is 0 Å². The number of anilines is 2. The highest BCUT2D eigenvalue weighted by Gasteiger charge is 2.41. The second-order valence-corrected chi connectivity index (χ2v) is 13.1. The van der Waals surface area contributed by atoms with E-state index in [9.17, 15) is 8.42 Å². The van der Waals surface area contributed by atoms with Gasteiger partial charge in [0.15, 0.2) is 0 Å². The Balaban J connectivity index is 1.39. The van der Waals surface area contributed by atoms with E-state index in [2.05, 4.69) is 25.0 Å². The first-order valence-corrected chi connectivity index (χ1v) is 15.4. The summed E-state index contributed by atoms with van der Waals surface area (Å²) < 4.78 is 27.7. The number of nitrogens with one attached hydrogen (secondary N) is 1. The summed E-state index contributed by atoms with van der Waals surface area (Å²) >= 11 is 12.2. The van der Waals surface area contributed by atoms with Crippen LogP contribution in [0.3, 0.4) is 0 Å². The van der Waals surface area contributed by atoms with Gasteiger partial charge in [0, 0.05) is 54.3 Å². The number of piperidine rings is 1. The zero-order chi connectivity index (χ0) is 26.9. The summed E-state index contributed by atoms with van der Waals surface area (Å²) in [5, 5.41) is 9.40. The van der Waals surface area contributed by atoms with Gasteiger partial charge in [-0.1, -0.05) is 47.5 Å². The van der Waals surface area contributed by atoms with Gasteiger partial charge >= 0.3 is 0 Å². The summed E-state index contributed by atoms with van der Waals surface area (Å²) in [6, 6.07) is 15.7. The quantitative estimate of drug-likeness (QED) is 0.442. The lowest BCUT2D eigenvalue weighted by Crippen LogP contribution is -2.64. The molecule has 0 saturated carbocycles. The van der Waals surface area contributed by atoms with E-state index in [4.69, 9.17) is 28.9 Å². The van der Waals surface area contributed by atoms with Crippen LogP contribution in [0.25, 0.3) is 0 Å². The maximum atomic E-state index is 13.0. The molecule has 9 nitrogen and oxygen atoms in total. The molecule has 0 amide bonds. The lowest BCUT2D eigenvalue weighted by atomic mass is 9.93. The highest BCUT2D eigenvalue weighted by molar-refractivity contribution is 7.88. The summed E-state index contributed by atoms with van der Waals surface area (Å²) in [5.41, 5.74) is 7.95. The standard InChI is InChI=1S/C26H33Cl2N7O2S/c1-38(36,37)35-17-23(14-18-2-6-20(27)7-3-18)34(16-24(35)15-19-4-8-21(28)9-5-19)22-10-12-33(13-11-22)26-30-25(29)31-32-26/h2-9,22-24H,10-17H2,1H3,(H3,29,30,31,32)/t23-,24?/m0/s1. The molecule has 2 aromatic carbocycles. The molecule has 2 aliphatic heterocycles. The first-order chi connectivity index (χ1) is 18.2. The molecule has 5 rings (SSSR count). The third-order valence-corrected chi connectivity index (χ3v) is 9.41. The third kappa shape index (κ3) is 6.43. The second kappa shape index (κ2) is 11.4. The van der Waals surface area contributed by atoms with Crippen LogP contribution in [-0.4, -0.2) is 83.4 Å². The molecule has 2 fully saturated rings. The molecule has 0 spiro atoms. The van der Waals surface area contributed by atoms with Crippen molar-refractivity contribution in [3.05, 3.63) is 69.7 Å². The maximum Gasteiger partial charge on any atom is 0.226 e. The van der Waals surface area contributed by atoms with E-state index in [1.807, 2.05) is 48.5 Å². The van der Waals surface area contributed by atoms with Crippen molar-refractivity contribution in [3.63, 3.8) is 0 Å². The molecule has 3 aromatic rings. The van der Waals surface area contributed by atoms with E-state index in [0.29, 0.717) is 47.5 Å². The molecule has 2 atom stereocenters. The van der Waals surface area contributed by atoms with Gasteiger partial charge in [-0.15, -0.1) is 10.2 Å². The van der Waals surface area contributed by atoms with Crippen LogP contribution >= 0.6 is 23.2 Å². The summed E-state index contributed by atoms with van der Waals surface area (Å²) in [6.45, 7) is 2.74. The number of piperazine rings is 1. The van der Waals surface area contributed by atoms with Gasteiger partial charge in [0.1, 0.15) is 0 Å². The Kier molecular flexibility index (Phi) is 8.16. The number of H-pyrrole nitrogens is 1. The SMILES string of the molecule is CS(=O)(=O)N1C[C@H](Cc2ccc(Cl)cc2)N(C2CCN(c3nnc(N)[nH]3)CC2)CC1Cc1ccc(Cl)cc1. The predicted molar refractivity (Wildman–Crippen MR) is 152 cm³/mol. The number of nitrogen functional groups attached to an aromatic ring is 1. The summed E-state index contributed by atoms with van der Waals surface area (Å²) in [4.78, 5) is 7.74. The van der Waals surface area contributed by atoms with Crippen molar-refractivity contribution in [2.75, 3.05) is 43.1 Å². The largest absolute Gasteiger partial charge is 0.368 e. The lowest BCUT2D eigenvalue weighted by molar-refractivity contribution is 0.0313. The average Bonchev–Trinajstić information content (AvgIpc) is 3.33. The lowest BCUT2D eigenvalue weighted by Gasteiger charge is -2.50. The van der Waals surface area contributed by atoms with Gasteiger partial charge in [-0.2, -0.15) is 4.31 Å². The van der Waals surface area contributed by atoms with Crippen LogP contribution in [0, 0.1) is 0 Å². The van der Waals surface area contributed by atoms with Crippen LogP contribution < -0.4 is 10.6 Å². The molecular weight excluding hydrogens is 545 g/mol. The van der Waals surface area contributed by atoms with E-state index in [1.54, 1.807) is 4.31 Å². The number of rotatable bonds is 7. The van der Waals surface area contributed by atoms with E-state index < -0.39 is 10.0 Å². The van der Waals surface area contributed by atoms with Crippen LogP contribution in [0.15, 0.2) is 48.5 Å². The van der Waals surface area contributed by atoms with Crippen LogP contribution in [0.2, 0.25) is 10.0 Å². The number of benzene rings is 2. The number of sulfonamides is 1. The van der Waals surface area contributed by atoms with Gasteiger partial charge in [-0.25, -0.2) is 8.42 Å². The molecule has 2 aliphatic rings. The Labute approximate surface area is 234 Å². The topological polar surface area (TPSA) is 111 Å². The van der Waals surface area contributed by atoms with Gasteiger partial charge in [0.05, 0.1) is 6.26 Å². The fourth-order valence-corrected chi connectivity index (χ4v) is 7.13. The summed E-state index contributed by atoms with van der Waals surface area (Å²) in [5.74, 6) is 1.01. The Morgan fingerprint density at radius 3 is 1.95 bits per heavy atom. The summed E-state index contributed by atoms with van der Waals surface area (Å²) in [6.07, 6.45) is 4.56. The zero-order valence-electron chi connectivity index (χ0n) is 21.3. The zero-order valence-corrected chi connectivity index (χ0v) is 23.6. The fraction of sp³-hybridized carbons (Fsp3) is 0.462. The number of aromatic amines is 1. The van der Waals surface area contributed by atoms with Gasteiger partial charge in [0.25, 0.3) is 0 Å². The minimum Gasteiger partial charge on any atom is -0.368 e. The number of nitrogens with zero attached hydrogens (tertiary/aromatic N) is 5. The van der Waals surface area contributed by atoms with Gasteiger partial charge < -0.3 is 10.6 Å². The minimum atomic E-state index is -3.41. The first kappa shape index (κ1) is 27.2. The van der Waals surface area contributed by atoms with Crippen molar-refractivity contribution in [2.24, 2.45) is 0 Å². The smallest absolute Gasteiger partial charge is 0.226 e. The molecule has 2 saturated heterocycles. The molecule has 0 aliphatic carbocycles. The predicted octanol–water partition coefficient (Wildman–Crippen LogP) is 3.46. The molecule has 12 heteroatoms. The molecule has 1 aromatic heterocycles. The molecular formula is C26H33Cl2N7O2S. The van der Waals surface area contributed by atoms with Crippen molar-refractivity contribution in [2.45, 2.75) is 43.8 Å². The first-order valence-electron chi connectivity index (χ1n) is 12.8.